The molecule has 0 saturated carbocycles. The molecule has 4 N–H and O–H groups in total. The van der Waals surface area contributed by atoms with Crippen LogP contribution in [0.4, 0.5) is 0 Å². The van der Waals surface area contributed by atoms with Crippen molar-refractivity contribution in [2.75, 3.05) is 0 Å². The van der Waals surface area contributed by atoms with Crippen molar-refractivity contribution in [3.05, 3.63) is 29.3 Å². The van der Waals surface area contributed by atoms with Crippen LogP contribution in [0.2, 0.25) is 0 Å². The Kier molecular flexibility index (Phi) is 7.19. The second kappa shape index (κ2) is 7.54. The number of rotatable bonds is 5. The van der Waals surface area contributed by atoms with Crippen LogP contribution in [-0.2, 0) is 0 Å². The molecule has 2 atom stereocenters. The zero-order valence-electron chi connectivity index (χ0n) is 10.4. The van der Waals surface area contributed by atoms with Gasteiger partial charge in [0.05, 0.1) is 12.1 Å². The molecule has 1 rings (SSSR count). The van der Waals surface area contributed by atoms with Crippen molar-refractivity contribution in [2.45, 2.75) is 45.3 Å². The number of aromatic hydroxyl groups is 1. The highest BCUT2D eigenvalue weighted by Gasteiger charge is 2.19. The Morgan fingerprint density at radius 3 is 2.59 bits per heavy atom. The first-order valence-corrected chi connectivity index (χ1v) is 5.80. The quantitative estimate of drug-likeness (QED) is 0.762. The van der Waals surface area contributed by atoms with E-state index >= 15 is 0 Å². The summed E-state index contributed by atoms with van der Waals surface area (Å²) in [6, 6.07) is 4.93. The zero-order valence-corrected chi connectivity index (χ0v) is 11.2. The Hall–Kier alpha value is -0.770. The standard InChI is InChI=1S/C13H21NO2.ClH/c1-3-4-8-11(15)12(14)10-7-5-6-9(2)13(10)16;/h5-7,11-12,15-16H,3-4,8,14H2,1-2H3;1H/t11-,12+;/m0./s1. The number of aryl methyl sites for hydroxylation is 1. The molecule has 0 bridgehead atoms. The van der Waals surface area contributed by atoms with Gasteiger partial charge in [0.15, 0.2) is 0 Å². The average Bonchev–Trinajstić information content (AvgIpc) is 2.28. The van der Waals surface area contributed by atoms with E-state index in [4.69, 9.17) is 5.73 Å². The third kappa shape index (κ3) is 4.19. The van der Waals surface area contributed by atoms with Gasteiger partial charge in [0.1, 0.15) is 5.75 Å². The van der Waals surface area contributed by atoms with Crippen LogP contribution >= 0.6 is 12.4 Å². The molecule has 0 heterocycles. The van der Waals surface area contributed by atoms with Gasteiger partial charge in [-0.3, -0.25) is 0 Å². The molecule has 98 valence electrons. The molecule has 0 aromatic heterocycles. The molecule has 1 aromatic carbocycles. The van der Waals surface area contributed by atoms with Gasteiger partial charge in [-0.25, -0.2) is 0 Å². The monoisotopic (exact) mass is 259 g/mol. The van der Waals surface area contributed by atoms with E-state index in [0.29, 0.717) is 12.0 Å². The minimum Gasteiger partial charge on any atom is -0.507 e. The lowest BCUT2D eigenvalue weighted by molar-refractivity contribution is 0.131. The number of halogens is 1. The summed E-state index contributed by atoms with van der Waals surface area (Å²) in [5.74, 6) is 0.200. The number of para-hydroxylation sites is 1. The fraction of sp³-hybridized carbons (Fsp3) is 0.538. The lowest BCUT2D eigenvalue weighted by Gasteiger charge is -2.20. The van der Waals surface area contributed by atoms with Crippen LogP contribution in [-0.4, -0.2) is 16.3 Å². The van der Waals surface area contributed by atoms with Crippen molar-refractivity contribution in [3.63, 3.8) is 0 Å². The summed E-state index contributed by atoms with van der Waals surface area (Å²) in [5.41, 5.74) is 7.35. The van der Waals surface area contributed by atoms with Crippen molar-refractivity contribution in [2.24, 2.45) is 5.73 Å². The van der Waals surface area contributed by atoms with Gasteiger partial charge in [0.25, 0.3) is 0 Å². The maximum absolute atomic E-state index is 9.88. The van der Waals surface area contributed by atoms with Crippen molar-refractivity contribution < 1.29 is 10.2 Å². The summed E-state index contributed by atoms with van der Waals surface area (Å²) in [7, 11) is 0. The Morgan fingerprint density at radius 1 is 1.35 bits per heavy atom. The molecule has 1 aromatic rings. The smallest absolute Gasteiger partial charge is 0.123 e. The molecule has 4 heteroatoms. The molecule has 0 aliphatic heterocycles. The predicted molar refractivity (Wildman–Crippen MR) is 72.6 cm³/mol. The minimum atomic E-state index is -0.590. The molecular weight excluding hydrogens is 238 g/mol. The van der Waals surface area contributed by atoms with Crippen molar-refractivity contribution >= 4 is 12.4 Å². The van der Waals surface area contributed by atoms with Gasteiger partial charge in [-0.1, -0.05) is 38.0 Å². The minimum absolute atomic E-state index is 0. The molecule has 0 aliphatic rings. The Bertz CT molecular complexity index is 344. The maximum Gasteiger partial charge on any atom is 0.123 e. The lowest BCUT2D eigenvalue weighted by Crippen LogP contribution is -2.26. The summed E-state index contributed by atoms with van der Waals surface area (Å²) >= 11 is 0. The number of unbranched alkanes of at least 4 members (excludes halogenated alkanes) is 1. The largest absolute Gasteiger partial charge is 0.507 e. The number of aliphatic hydroxyl groups is 1. The van der Waals surface area contributed by atoms with Crippen LogP contribution in [0.1, 0.15) is 43.4 Å². The fourth-order valence-corrected chi connectivity index (χ4v) is 1.75. The summed E-state index contributed by atoms with van der Waals surface area (Å²) in [4.78, 5) is 0. The summed E-state index contributed by atoms with van der Waals surface area (Å²) < 4.78 is 0. The van der Waals surface area contributed by atoms with Gasteiger partial charge in [-0.15, -0.1) is 12.4 Å². The summed E-state index contributed by atoms with van der Waals surface area (Å²) in [6.07, 6.45) is 2.06. The lowest BCUT2D eigenvalue weighted by atomic mass is 9.96. The molecule has 0 radical (unpaired) electrons. The number of nitrogens with two attached hydrogens (primary N) is 1. The molecule has 0 saturated heterocycles. The molecule has 0 amide bonds. The van der Waals surface area contributed by atoms with Crippen LogP contribution < -0.4 is 5.73 Å². The second-order valence-electron chi connectivity index (χ2n) is 4.25. The first kappa shape index (κ1) is 16.2. The van der Waals surface area contributed by atoms with E-state index < -0.39 is 12.1 Å². The van der Waals surface area contributed by atoms with Crippen LogP contribution in [0.15, 0.2) is 18.2 Å². The second-order valence-corrected chi connectivity index (χ2v) is 4.25. The molecule has 0 fully saturated rings. The fourth-order valence-electron chi connectivity index (χ4n) is 1.75. The molecule has 3 nitrogen and oxygen atoms in total. The van der Waals surface area contributed by atoms with E-state index in [1.54, 1.807) is 6.07 Å². The van der Waals surface area contributed by atoms with Crippen LogP contribution in [0.25, 0.3) is 0 Å². The van der Waals surface area contributed by atoms with E-state index in [1.807, 2.05) is 19.1 Å². The summed E-state index contributed by atoms with van der Waals surface area (Å²) in [5, 5.41) is 19.7. The van der Waals surface area contributed by atoms with Gasteiger partial charge in [-0.05, 0) is 18.9 Å². The molecular formula is C13H22ClNO2. The Morgan fingerprint density at radius 2 is 2.00 bits per heavy atom. The molecule has 17 heavy (non-hydrogen) atoms. The maximum atomic E-state index is 9.88. The molecule has 0 unspecified atom stereocenters. The number of phenols is 1. The first-order valence-electron chi connectivity index (χ1n) is 5.80. The number of benzene rings is 1. The van der Waals surface area contributed by atoms with E-state index in [-0.39, 0.29) is 18.2 Å². The number of phenolic OH excluding ortho intramolecular Hbond substituents is 1. The normalized spacial score (nSPS) is 13.9. The molecule has 0 aliphatic carbocycles. The average molecular weight is 260 g/mol. The Balaban J connectivity index is 0.00000256. The van der Waals surface area contributed by atoms with Crippen LogP contribution in [0.3, 0.4) is 0 Å². The van der Waals surface area contributed by atoms with Gasteiger partial charge in [-0.2, -0.15) is 0 Å². The Labute approximate surface area is 109 Å². The van der Waals surface area contributed by atoms with E-state index in [0.717, 1.165) is 18.4 Å². The van der Waals surface area contributed by atoms with Crippen molar-refractivity contribution in [1.29, 1.82) is 0 Å². The third-order valence-corrected chi connectivity index (χ3v) is 2.90. The van der Waals surface area contributed by atoms with Gasteiger partial charge < -0.3 is 15.9 Å². The number of hydrogen-bond donors (Lipinski definition) is 3. The van der Waals surface area contributed by atoms with E-state index in [2.05, 4.69) is 6.92 Å². The van der Waals surface area contributed by atoms with Gasteiger partial charge in [0, 0.05) is 5.56 Å². The summed E-state index contributed by atoms with van der Waals surface area (Å²) in [6.45, 7) is 3.90. The zero-order chi connectivity index (χ0) is 12.1. The first-order chi connectivity index (χ1) is 7.57. The van der Waals surface area contributed by atoms with E-state index in [9.17, 15) is 10.2 Å². The topological polar surface area (TPSA) is 66.5 Å². The van der Waals surface area contributed by atoms with Crippen molar-refractivity contribution in [1.82, 2.24) is 0 Å². The number of hydrogen-bond acceptors (Lipinski definition) is 3. The van der Waals surface area contributed by atoms with Crippen LogP contribution in [0.5, 0.6) is 5.75 Å². The van der Waals surface area contributed by atoms with E-state index in [1.165, 1.54) is 0 Å². The van der Waals surface area contributed by atoms with Gasteiger partial charge in [0.2, 0.25) is 0 Å². The highest BCUT2D eigenvalue weighted by molar-refractivity contribution is 5.85. The van der Waals surface area contributed by atoms with Gasteiger partial charge >= 0.3 is 0 Å². The highest BCUT2D eigenvalue weighted by atomic mass is 35.5. The van der Waals surface area contributed by atoms with Crippen LogP contribution in [0, 0.1) is 6.92 Å². The highest BCUT2D eigenvalue weighted by Crippen LogP contribution is 2.29. The SMILES string of the molecule is CCCC[C@H](O)[C@H](N)c1cccc(C)c1O.Cl. The molecule has 0 spiro atoms. The number of aliphatic hydroxyl groups excluding tert-OH is 1. The third-order valence-electron chi connectivity index (χ3n) is 2.90. The van der Waals surface area contributed by atoms with Crippen molar-refractivity contribution in [3.8, 4) is 5.75 Å². The predicted octanol–water partition coefficient (Wildman–Crippen LogP) is 2.67.